The number of benzene rings is 1. The number of methoxy groups -OCH3 is 1. The van der Waals surface area contributed by atoms with Crippen LogP contribution < -0.4 is 10.6 Å². The molecule has 0 bridgehead atoms. The first kappa shape index (κ1) is 12.5. The highest BCUT2D eigenvalue weighted by Gasteiger charge is 2.19. The maximum Gasteiger partial charge on any atom is 0.337 e. The van der Waals surface area contributed by atoms with Crippen LogP contribution in [0.4, 0.5) is 11.6 Å². The van der Waals surface area contributed by atoms with Crippen molar-refractivity contribution in [1.82, 2.24) is 19.5 Å². The fraction of sp³-hybridized carbons (Fsp3) is 0.143. The molecule has 1 aromatic carbocycles. The third kappa shape index (κ3) is 3.25. The van der Waals surface area contributed by atoms with Gasteiger partial charge in [-0.05, 0) is 48.5 Å². The van der Waals surface area contributed by atoms with Crippen LogP contribution in [0.25, 0.3) is 28.2 Å². The number of ether oxygens (including phenoxy) is 1. The molecule has 0 saturated carbocycles. The van der Waals surface area contributed by atoms with Crippen molar-refractivity contribution in [2.24, 2.45) is 0 Å². The second kappa shape index (κ2) is 7.23. The zero-order valence-corrected chi connectivity index (χ0v) is 15.3. The van der Waals surface area contributed by atoms with Gasteiger partial charge in [-0.15, -0.1) is 0 Å². The summed E-state index contributed by atoms with van der Waals surface area (Å²) in [6.45, 7) is -5.95. The first-order valence-corrected chi connectivity index (χ1v) is 8.51. The van der Waals surface area contributed by atoms with E-state index in [9.17, 15) is 4.79 Å². The number of esters is 1. The van der Waals surface area contributed by atoms with Gasteiger partial charge in [-0.25, -0.2) is 19.7 Å². The third-order valence-corrected chi connectivity index (χ3v) is 4.34. The number of rotatable bonds is 4. The molecule has 146 valence electrons. The number of nitrogens with zero attached hydrogens (tertiary/aromatic N) is 5. The van der Waals surface area contributed by atoms with Gasteiger partial charge < -0.3 is 15.4 Å². The smallest absolute Gasteiger partial charge is 0.337 e. The lowest BCUT2D eigenvalue weighted by molar-refractivity contribution is 0.0601. The Bertz CT molecular complexity index is 1380. The van der Waals surface area contributed by atoms with E-state index in [0.29, 0.717) is 33.1 Å². The Labute approximate surface area is 176 Å². The van der Waals surface area contributed by atoms with Gasteiger partial charge in [-0.1, -0.05) is 0 Å². The summed E-state index contributed by atoms with van der Waals surface area (Å²) >= 11 is 0. The summed E-state index contributed by atoms with van der Waals surface area (Å²) in [5.74, 6) is -0.261. The first-order valence-electron chi connectivity index (χ1n) is 11.5. The topological polar surface area (TPSA) is 99.2 Å². The van der Waals surface area contributed by atoms with Gasteiger partial charge in [0.1, 0.15) is 17.2 Å². The molecule has 0 unspecified atom stereocenters. The van der Waals surface area contributed by atoms with E-state index in [-0.39, 0.29) is 17.3 Å². The van der Waals surface area contributed by atoms with Crippen LogP contribution in [0.5, 0.6) is 0 Å². The Morgan fingerprint density at radius 2 is 1.93 bits per heavy atom. The number of imidazole rings is 1. The number of hydrogen-bond acceptors (Lipinski definition) is 7. The average Bonchev–Trinajstić information content (AvgIpc) is 3.15. The molecule has 2 N–H and O–H groups in total. The van der Waals surface area contributed by atoms with Crippen molar-refractivity contribution in [1.29, 1.82) is 0 Å². The summed E-state index contributed by atoms with van der Waals surface area (Å²) in [5.41, 5.74) is 7.94. The zero-order chi connectivity index (χ0) is 25.5. The molecule has 0 aliphatic heterocycles. The molecule has 3 aromatic heterocycles. The Kier molecular flexibility index (Phi) is 3.12. The number of nitrogen functional groups attached to an aromatic ring is 1. The van der Waals surface area contributed by atoms with Crippen molar-refractivity contribution in [3.8, 4) is 17.1 Å². The molecule has 8 heteroatoms. The minimum Gasteiger partial charge on any atom is -0.465 e. The molecule has 0 radical (unpaired) electrons. The van der Waals surface area contributed by atoms with Crippen LogP contribution in [0, 0.1) is 0 Å². The average molecular weight is 394 g/mol. The lowest BCUT2D eigenvalue weighted by Crippen LogP contribution is -2.11. The number of nitrogens with two attached hydrogens (primary N) is 1. The van der Waals surface area contributed by atoms with E-state index in [1.165, 1.54) is 25.4 Å². The minimum absolute atomic E-state index is 0.185. The van der Waals surface area contributed by atoms with E-state index in [2.05, 4.69) is 15.0 Å². The number of anilines is 2. The van der Waals surface area contributed by atoms with E-state index in [1.807, 2.05) is 0 Å². The lowest BCUT2D eigenvalue weighted by atomic mass is 10.2. The normalized spacial score (nSPS) is 14.8. The van der Waals surface area contributed by atoms with Gasteiger partial charge in [0.2, 0.25) is 0 Å². The fourth-order valence-electron chi connectivity index (χ4n) is 2.97. The van der Waals surface area contributed by atoms with Gasteiger partial charge in [0.05, 0.1) is 18.2 Å². The molecule has 0 saturated heterocycles. The number of hydrogen-bond donors (Lipinski definition) is 1. The van der Waals surface area contributed by atoms with E-state index < -0.39 is 19.9 Å². The predicted molar refractivity (Wildman–Crippen MR) is 112 cm³/mol. The number of pyridine rings is 2. The lowest BCUT2D eigenvalue weighted by Gasteiger charge is -2.13. The van der Waals surface area contributed by atoms with Crippen molar-refractivity contribution in [2.75, 3.05) is 31.7 Å². The van der Waals surface area contributed by atoms with Gasteiger partial charge in [0.25, 0.3) is 0 Å². The maximum absolute atomic E-state index is 11.9. The van der Waals surface area contributed by atoms with Crippen LogP contribution in [0.15, 0.2) is 54.7 Å². The van der Waals surface area contributed by atoms with Crippen molar-refractivity contribution in [3.05, 3.63) is 60.3 Å². The fourth-order valence-corrected chi connectivity index (χ4v) is 2.97. The van der Waals surface area contributed by atoms with E-state index in [1.54, 1.807) is 41.0 Å². The van der Waals surface area contributed by atoms with Crippen molar-refractivity contribution >= 4 is 28.8 Å². The van der Waals surface area contributed by atoms with Gasteiger partial charge in [0, 0.05) is 34.1 Å². The monoisotopic (exact) mass is 394 g/mol. The Hall–Kier alpha value is -3.94. The second-order valence-corrected chi connectivity index (χ2v) is 6.09. The molecule has 0 aliphatic rings. The van der Waals surface area contributed by atoms with Crippen molar-refractivity contribution in [2.45, 2.75) is 0 Å². The second-order valence-electron chi connectivity index (χ2n) is 6.09. The van der Waals surface area contributed by atoms with Crippen LogP contribution in [0.1, 0.15) is 18.6 Å². The molecule has 8 nitrogen and oxygen atoms in total. The largest absolute Gasteiger partial charge is 0.465 e. The van der Waals surface area contributed by atoms with Crippen LogP contribution in [0.2, 0.25) is 0 Å². The third-order valence-electron chi connectivity index (χ3n) is 4.34. The SMILES string of the molecule is [2H]C([2H])([2H])N(c1ccc2nc(-c3cccnc3N)n(-c3ccc(C(=O)OC)cc3)c2n1)C([2H])([2H])[2H]. The quantitative estimate of drug-likeness (QED) is 0.531. The standard InChI is InChI=1S/C21H20N6O2/c1-26(2)17-11-10-16-20(25-17)27(14-8-6-13(7-9-14)21(28)29-3)19(24-16)15-5-4-12-23-18(15)22/h4-12H,1-3H3,(H2,22,23)/i1D3,2D3. The van der Waals surface area contributed by atoms with E-state index >= 15 is 0 Å². The first-order chi connectivity index (χ1) is 16.4. The number of carbonyl (C=O) groups excluding carboxylic acids is 1. The summed E-state index contributed by atoms with van der Waals surface area (Å²) in [6.07, 6.45) is 1.53. The Morgan fingerprint density at radius 1 is 1.14 bits per heavy atom. The van der Waals surface area contributed by atoms with Gasteiger partial charge >= 0.3 is 5.97 Å². The molecule has 0 fully saturated rings. The zero-order valence-electron chi connectivity index (χ0n) is 21.3. The maximum atomic E-state index is 11.9. The van der Waals surface area contributed by atoms with Gasteiger partial charge in [-0.2, -0.15) is 0 Å². The summed E-state index contributed by atoms with van der Waals surface area (Å²) in [5, 5.41) is 0. The Balaban J connectivity index is 2.00. The molecule has 0 amide bonds. The molecule has 3 heterocycles. The van der Waals surface area contributed by atoms with Crippen LogP contribution in [-0.4, -0.2) is 46.5 Å². The molecule has 0 spiro atoms. The highest BCUT2D eigenvalue weighted by Crippen LogP contribution is 2.31. The van der Waals surface area contributed by atoms with Crippen LogP contribution >= 0.6 is 0 Å². The Morgan fingerprint density at radius 3 is 2.62 bits per heavy atom. The summed E-state index contributed by atoms with van der Waals surface area (Å²) in [7, 11) is 1.27. The highest BCUT2D eigenvalue weighted by atomic mass is 16.5. The number of aromatic nitrogens is 4. The van der Waals surface area contributed by atoms with E-state index in [0.717, 1.165) is 0 Å². The van der Waals surface area contributed by atoms with Gasteiger partial charge in [0.15, 0.2) is 11.5 Å². The number of carbonyl (C=O) groups is 1. The minimum atomic E-state index is -2.98. The van der Waals surface area contributed by atoms with Crippen LogP contribution in [-0.2, 0) is 4.74 Å². The molecular weight excluding hydrogens is 368 g/mol. The molecule has 29 heavy (non-hydrogen) atoms. The van der Waals surface area contributed by atoms with Crippen LogP contribution in [0.3, 0.4) is 0 Å². The highest BCUT2D eigenvalue weighted by molar-refractivity contribution is 5.90. The molecule has 4 rings (SSSR count). The molecule has 4 aromatic rings. The van der Waals surface area contributed by atoms with Crippen molar-refractivity contribution in [3.63, 3.8) is 0 Å². The summed E-state index contributed by atoms with van der Waals surface area (Å²) in [6, 6.07) is 12.5. The number of fused-ring (bicyclic) bond motifs is 1. The van der Waals surface area contributed by atoms with E-state index in [4.69, 9.17) is 18.7 Å². The molecule has 0 atom stereocenters. The van der Waals surface area contributed by atoms with Crippen molar-refractivity contribution < 1.29 is 17.8 Å². The summed E-state index contributed by atoms with van der Waals surface area (Å²) in [4.78, 5) is 25.3. The summed E-state index contributed by atoms with van der Waals surface area (Å²) < 4.78 is 52.7. The molecule has 0 aliphatic carbocycles. The molecular formula is C21H20N6O2. The predicted octanol–water partition coefficient (Wildman–Crippen LogP) is 2.92. The van der Waals surface area contributed by atoms with Gasteiger partial charge in [-0.3, -0.25) is 4.57 Å².